The molecule has 0 bridgehead atoms. The number of hydrogen-bond donors (Lipinski definition) is 1. The van der Waals surface area contributed by atoms with Crippen LogP contribution in [0, 0.1) is 18.8 Å². The van der Waals surface area contributed by atoms with Crippen molar-refractivity contribution >= 4 is 5.91 Å². The van der Waals surface area contributed by atoms with Crippen molar-refractivity contribution < 1.29 is 4.79 Å². The molecule has 1 aromatic carbocycles. The van der Waals surface area contributed by atoms with Gasteiger partial charge in [0.15, 0.2) is 5.69 Å². The summed E-state index contributed by atoms with van der Waals surface area (Å²) in [6.07, 6.45) is 6.53. The molecule has 2 fully saturated rings. The average molecular weight is 364 g/mol. The topological polar surface area (TPSA) is 64.2 Å². The van der Waals surface area contributed by atoms with Crippen LogP contribution >= 0.6 is 0 Å². The van der Waals surface area contributed by atoms with E-state index in [4.69, 9.17) is 10.8 Å². The van der Waals surface area contributed by atoms with Gasteiger partial charge in [-0.15, -0.1) is 0 Å². The van der Waals surface area contributed by atoms with E-state index in [1.807, 2.05) is 9.58 Å². The summed E-state index contributed by atoms with van der Waals surface area (Å²) in [4.78, 5) is 15.4. The summed E-state index contributed by atoms with van der Waals surface area (Å²) in [5.41, 5.74) is 11.6. The Kier molecular flexibility index (Phi) is 4.08. The number of fused-ring (bicyclic) bond motifs is 2. The van der Waals surface area contributed by atoms with Crippen LogP contribution < -0.4 is 5.73 Å². The number of amides is 1. The van der Waals surface area contributed by atoms with E-state index < -0.39 is 0 Å². The Balaban J connectivity index is 1.49. The van der Waals surface area contributed by atoms with E-state index in [0.717, 1.165) is 50.9 Å². The molecule has 1 amide bonds. The largest absolute Gasteiger partial charge is 0.337 e. The number of rotatable bonds is 2. The standard InChI is InChI=1S/C22H28N4O/c1-14-6-9-16(10-7-14)26-20-5-3-2-4-17(20)21(24-26)22(27)25-12-15-8-11-19(23)18(15)13-25/h6-7,9-10,15,18-19H,2-5,8,11-13,23H2,1H3. The molecule has 5 rings (SSSR count). The van der Waals surface area contributed by atoms with E-state index in [1.165, 1.54) is 23.2 Å². The Labute approximate surface area is 160 Å². The molecule has 3 aliphatic rings. The number of carbonyl (C=O) groups is 1. The summed E-state index contributed by atoms with van der Waals surface area (Å²) in [7, 11) is 0. The van der Waals surface area contributed by atoms with Crippen LogP contribution in [-0.4, -0.2) is 39.7 Å². The predicted molar refractivity (Wildman–Crippen MR) is 105 cm³/mol. The zero-order valence-electron chi connectivity index (χ0n) is 16.0. The molecule has 0 radical (unpaired) electrons. The first-order valence-electron chi connectivity index (χ1n) is 10.3. The maximum absolute atomic E-state index is 13.4. The molecule has 2 aliphatic carbocycles. The van der Waals surface area contributed by atoms with E-state index in [9.17, 15) is 4.79 Å². The van der Waals surface area contributed by atoms with Gasteiger partial charge in [0.25, 0.3) is 5.91 Å². The lowest BCUT2D eigenvalue weighted by Gasteiger charge is -2.19. The Hall–Kier alpha value is -2.14. The minimum atomic E-state index is 0.112. The summed E-state index contributed by atoms with van der Waals surface area (Å²) in [6.45, 7) is 3.74. The van der Waals surface area contributed by atoms with E-state index in [-0.39, 0.29) is 11.9 Å². The zero-order valence-corrected chi connectivity index (χ0v) is 16.0. The third kappa shape index (κ3) is 2.80. The van der Waals surface area contributed by atoms with E-state index >= 15 is 0 Å². The first-order chi connectivity index (χ1) is 13.1. The lowest BCUT2D eigenvalue weighted by Crippen LogP contribution is -2.34. The van der Waals surface area contributed by atoms with Crippen LogP contribution in [0.2, 0.25) is 0 Å². The lowest BCUT2D eigenvalue weighted by atomic mass is 9.95. The van der Waals surface area contributed by atoms with Gasteiger partial charge in [-0.05, 0) is 69.4 Å². The highest BCUT2D eigenvalue weighted by Crippen LogP contribution is 2.38. The normalized spacial score (nSPS) is 26.9. The van der Waals surface area contributed by atoms with Crippen molar-refractivity contribution in [1.82, 2.24) is 14.7 Å². The fourth-order valence-electron chi connectivity index (χ4n) is 5.29. The minimum Gasteiger partial charge on any atom is -0.337 e. The molecule has 27 heavy (non-hydrogen) atoms. The molecule has 5 nitrogen and oxygen atoms in total. The molecule has 2 aromatic rings. The van der Waals surface area contributed by atoms with Gasteiger partial charge < -0.3 is 10.6 Å². The third-order valence-electron chi connectivity index (χ3n) is 6.86. The summed E-state index contributed by atoms with van der Waals surface area (Å²) in [6, 6.07) is 8.68. The summed E-state index contributed by atoms with van der Waals surface area (Å²) >= 11 is 0. The van der Waals surface area contributed by atoms with Crippen molar-refractivity contribution in [3.63, 3.8) is 0 Å². The van der Waals surface area contributed by atoms with E-state index in [0.29, 0.717) is 17.5 Å². The van der Waals surface area contributed by atoms with Crippen molar-refractivity contribution in [3.8, 4) is 5.69 Å². The van der Waals surface area contributed by atoms with Crippen molar-refractivity contribution in [3.05, 3.63) is 46.8 Å². The zero-order chi connectivity index (χ0) is 18.5. The van der Waals surface area contributed by atoms with Gasteiger partial charge in [0.1, 0.15) is 0 Å². The van der Waals surface area contributed by atoms with Crippen molar-refractivity contribution in [1.29, 1.82) is 0 Å². The molecule has 5 heteroatoms. The first-order valence-corrected chi connectivity index (χ1v) is 10.3. The maximum Gasteiger partial charge on any atom is 0.274 e. The SMILES string of the molecule is Cc1ccc(-n2nc(C(=O)N3CC4CCC(N)C4C3)c3c2CCCC3)cc1. The minimum absolute atomic E-state index is 0.112. The fourth-order valence-corrected chi connectivity index (χ4v) is 5.29. The van der Waals surface area contributed by atoms with Crippen LogP contribution in [0.25, 0.3) is 5.69 Å². The van der Waals surface area contributed by atoms with Crippen LogP contribution in [0.15, 0.2) is 24.3 Å². The molecule has 2 N–H and O–H groups in total. The molecule has 0 spiro atoms. The Morgan fingerprint density at radius 2 is 1.89 bits per heavy atom. The summed E-state index contributed by atoms with van der Waals surface area (Å²) in [5, 5.41) is 4.84. The molecular formula is C22H28N4O. The van der Waals surface area contributed by atoms with E-state index in [1.54, 1.807) is 0 Å². The molecule has 3 atom stereocenters. The molecule has 1 aromatic heterocycles. The molecule has 1 saturated carbocycles. The number of nitrogens with two attached hydrogens (primary N) is 1. The smallest absolute Gasteiger partial charge is 0.274 e. The van der Waals surface area contributed by atoms with Gasteiger partial charge in [-0.2, -0.15) is 5.10 Å². The molecule has 1 aliphatic heterocycles. The quantitative estimate of drug-likeness (QED) is 0.891. The van der Waals surface area contributed by atoms with Crippen molar-refractivity contribution in [2.75, 3.05) is 13.1 Å². The van der Waals surface area contributed by atoms with Crippen molar-refractivity contribution in [2.24, 2.45) is 17.6 Å². The number of aromatic nitrogens is 2. The number of likely N-dealkylation sites (tertiary alicyclic amines) is 1. The van der Waals surface area contributed by atoms with Gasteiger partial charge in [-0.1, -0.05) is 17.7 Å². The highest BCUT2D eigenvalue weighted by molar-refractivity contribution is 5.94. The Morgan fingerprint density at radius 3 is 2.67 bits per heavy atom. The number of nitrogens with zero attached hydrogens (tertiary/aromatic N) is 3. The predicted octanol–water partition coefficient (Wildman–Crippen LogP) is 2.87. The Bertz CT molecular complexity index is 869. The van der Waals surface area contributed by atoms with E-state index in [2.05, 4.69) is 31.2 Å². The molecule has 3 unspecified atom stereocenters. The monoisotopic (exact) mass is 364 g/mol. The molecule has 142 valence electrons. The second-order valence-electron chi connectivity index (χ2n) is 8.60. The van der Waals surface area contributed by atoms with Gasteiger partial charge >= 0.3 is 0 Å². The number of aryl methyl sites for hydroxylation is 1. The molecule has 1 saturated heterocycles. The highest BCUT2D eigenvalue weighted by atomic mass is 16.2. The number of hydrogen-bond acceptors (Lipinski definition) is 3. The van der Waals surface area contributed by atoms with Crippen LogP contribution in [0.1, 0.15) is 53.0 Å². The number of carbonyl (C=O) groups excluding carboxylic acids is 1. The maximum atomic E-state index is 13.4. The summed E-state index contributed by atoms with van der Waals surface area (Å²) in [5.74, 6) is 1.17. The van der Waals surface area contributed by atoms with Crippen LogP contribution in [-0.2, 0) is 12.8 Å². The second-order valence-corrected chi connectivity index (χ2v) is 8.60. The van der Waals surface area contributed by atoms with Gasteiger partial charge in [0.2, 0.25) is 0 Å². The summed E-state index contributed by atoms with van der Waals surface area (Å²) < 4.78 is 2.02. The van der Waals surface area contributed by atoms with Crippen molar-refractivity contribution in [2.45, 2.75) is 51.5 Å². The second kappa shape index (κ2) is 6.48. The number of benzene rings is 1. The first kappa shape index (κ1) is 17.0. The van der Waals surface area contributed by atoms with Crippen LogP contribution in [0.5, 0.6) is 0 Å². The highest BCUT2D eigenvalue weighted by Gasteiger charge is 2.43. The van der Waals surface area contributed by atoms with Crippen LogP contribution in [0.4, 0.5) is 0 Å². The third-order valence-corrected chi connectivity index (χ3v) is 6.86. The van der Waals surface area contributed by atoms with Gasteiger partial charge in [-0.3, -0.25) is 4.79 Å². The molecule has 2 heterocycles. The lowest BCUT2D eigenvalue weighted by molar-refractivity contribution is 0.0772. The van der Waals surface area contributed by atoms with Gasteiger partial charge in [0, 0.05) is 30.4 Å². The fraction of sp³-hybridized carbons (Fsp3) is 0.545. The van der Waals surface area contributed by atoms with Gasteiger partial charge in [0.05, 0.1) is 5.69 Å². The van der Waals surface area contributed by atoms with Crippen LogP contribution in [0.3, 0.4) is 0 Å². The average Bonchev–Trinajstić information content (AvgIpc) is 3.36. The molecular weight excluding hydrogens is 336 g/mol. The van der Waals surface area contributed by atoms with Gasteiger partial charge in [-0.25, -0.2) is 4.68 Å². The Morgan fingerprint density at radius 1 is 1.11 bits per heavy atom.